The van der Waals surface area contributed by atoms with E-state index in [1.165, 1.54) is 31.5 Å². The molecule has 0 atom stereocenters. The normalized spacial score (nSPS) is 29.9. The van der Waals surface area contributed by atoms with Crippen LogP contribution in [0.4, 0.5) is 0 Å². The molecule has 2 saturated heterocycles. The molecule has 80 valence electrons. The van der Waals surface area contributed by atoms with Crippen LogP contribution < -0.4 is 0 Å². The van der Waals surface area contributed by atoms with Gasteiger partial charge >= 0.3 is 0 Å². The topological polar surface area (TPSA) is 23.5 Å². The number of piperidine rings is 2. The molecule has 0 unspecified atom stereocenters. The Labute approximate surface area is 90.5 Å². The highest BCUT2D eigenvalue weighted by molar-refractivity contribution is 5.25. The van der Waals surface area contributed by atoms with Gasteiger partial charge in [-0.3, -0.25) is 4.90 Å². The van der Waals surface area contributed by atoms with Crippen molar-refractivity contribution < 1.29 is 5.11 Å². The van der Waals surface area contributed by atoms with Crippen LogP contribution in [0, 0.1) is 11.8 Å². The standard InChI is InChI=1S/C13H17NO/c15-13-3-1-10(2-4-13)7-14-8-11-5-12(6-11)9-14/h1-4,11-12,15H,5-9H2. The van der Waals surface area contributed by atoms with Crippen LogP contribution in [0.2, 0.25) is 0 Å². The maximum atomic E-state index is 9.20. The SMILES string of the molecule is Oc1ccc(CN2CC3CC(C3)C2)cc1. The molecule has 15 heavy (non-hydrogen) atoms. The highest BCUT2D eigenvalue weighted by Crippen LogP contribution is 2.39. The Morgan fingerprint density at radius 3 is 2.27 bits per heavy atom. The summed E-state index contributed by atoms with van der Waals surface area (Å²) in [5, 5.41) is 9.20. The van der Waals surface area contributed by atoms with Crippen LogP contribution in [-0.2, 0) is 6.54 Å². The van der Waals surface area contributed by atoms with Crippen molar-refractivity contribution in [2.75, 3.05) is 13.1 Å². The molecule has 2 nitrogen and oxygen atoms in total. The van der Waals surface area contributed by atoms with Crippen LogP contribution in [0.1, 0.15) is 18.4 Å². The molecule has 0 radical (unpaired) electrons. The Balaban J connectivity index is 1.63. The summed E-state index contributed by atoms with van der Waals surface area (Å²) in [6.45, 7) is 3.60. The molecule has 1 aromatic carbocycles. The largest absolute Gasteiger partial charge is 0.508 e. The van der Waals surface area contributed by atoms with Crippen LogP contribution in [0.15, 0.2) is 24.3 Å². The van der Waals surface area contributed by atoms with E-state index in [-0.39, 0.29) is 0 Å². The molecule has 0 aromatic heterocycles. The minimum absolute atomic E-state index is 0.361. The molecule has 1 aromatic rings. The summed E-state index contributed by atoms with van der Waals surface area (Å²) in [7, 11) is 0. The Bertz CT molecular complexity index is 330. The maximum absolute atomic E-state index is 9.20. The van der Waals surface area contributed by atoms with Gasteiger partial charge in [0.2, 0.25) is 0 Å². The number of hydrogen-bond donors (Lipinski definition) is 1. The first-order valence-electron chi connectivity index (χ1n) is 5.80. The summed E-state index contributed by atoms with van der Waals surface area (Å²) in [6.07, 6.45) is 2.93. The summed E-state index contributed by atoms with van der Waals surface area (Å²) in [5.74, 6) is 2.31. The van der Waals surface area contributed by atoms with Crippen molar-refractivity contribution in [2.24, 2.45) is 11.8 Å². The van der Waals surface area contributed by atoms with E-state index in [1.807, 2.05) is 12.1 Å². The number of fused-ring (bicyclic) bond motifs is 2. The van der Waals surface area contributed by atoms with Crippen LogP contribution >= 0.6 is 0 Å². The zero-order valence-corrected chi connectivity index (χ0v) is 8.89. The Morgan fingerprint density at radius 2 is 1.67 bits per heavy atom. The van der Waals surface area contributed by atoms with E-state index in [0.717, 1.165) is 18.4 Å². The van der Waals surface area contributed by atoms with Gasteiger partial charge in [-0.15, -0.1) is 0 Å². The number of rotatable bonds is 2. The number of phenols is 1. The Kier molecular flexibility index (Phi) is 2.17. The van der Waals surface area contributed by atoms with Crippen molar-refractivity contribution in [1.82, 2.24) is 4.90 Å². The summed E-state index contributed by atoms with van der Waals surface area (Å²) in [6, 6.07) is 7.60. The third-order valence-electron chi connectivity index (χ3n) is 3.71. The summed E-state index contributed by atoms with van der Waals surface area (Å²) in [4.78, 5) is 2.55. The smallest absolute Gasteiger partial charge is 0.115 e. The fraction of sp³-hybridized carbons (Fsp3) is 0.538. The second-order valence-electron chi connectivity index (χ2n) is 5.06. The van der Waals surface area contributed by atoms with Crippen molar-refractivity contribution in [3.8, 4) is 5.75 Å². The van der Waals surface area contributed by atoms with Crippen LogP contribution in [0.25, 0.3) is 0 Å². The predicted molar refractivity (Wildman–Crippen MR) is 59.6 cm³/mol. The highest BCUT2D eigenvalue weighted by atomic mass is 16.3. The molecule has 2 bridgehead atoms. The highest BCUT2D eigenvalue weighted by Gasteiger charge is 2.36. The second-order valence-corrected chi connectivity index (χ2v) is 5.06. The molecule has 2 heterocycles. The predicted octanol–water partition coefficient (Wildman–Crippen LogP) is 2.23. The molecule has 0 amide bonds. The van der Waals surface area contributed by atoms with Gasteiger partial charge in [0.15, 0.2) is 0 Å². The van der Waals surface area contributed by atoms with Crippen molar-refractivity contribution in [2.45, 2.75) is 19.4 Å². The minimum atomic E-state index is 0.361. The summed E-state index contributed by atoms with van der Waals surface area (Å²) in [5.41, 5.74) is 1.31. The molecular weight excluding hydrogens is 186 g/mol. The van der Waals surface area contributed by atoms with E-state index >= 15 is 0 Å². The first kappa shape index (κ1) is 9.22. The molecular formula is C13H17NO. The monoisotopic (exact) mass is 203 g/mol. The lowest BCUT2D eigenvalue weighted by atomic mass is 9.71. The summed E-state index contributed by atoms with van der Waals surface area (Å²) >= 11 is 0. The third-order valence-corrected chi connectivity index (χ3v) is 3.71. The van der Waals surface area contributed by atoms with Crippen molar-refractivity contribution >= 4 is 0 Å². The average Bonchev–Trinajstić information content (AvgIpc) is 2.21. The van der Waals surface area contributed by atoms with Crippen molar-refractivity contribution in [3.63, 3.8) is 0 Å². The summed E-state index contributed by atoms with van der Waals surface area (Å²) < 4.78 is 0. The Hall–Kier alpha value is -1.02. The van der Waals surface area contributed by atoms with Gasteiger partial charge in [0.1, 0.15) is 5.75 Å². The molecule has 2 heteroatoms. The van der Waals surface area contributed by atoms with Crippen LogP contribution in [0.5, 0.6) is 5.75 Å². The van der Waals surface area contributed by atoms with E-state index in [4.69, 9.17) is 0 Å². The molecule has 4 rings (SSSR count). The lowest BCUT2D eigenvalue weighted by molar-refractivity contribution is 0.0228. The van der Waals surface area contributed by atoms with E-state index in [1.54, 1.807) is 12.1 Å². The molecule has 3 aliphatic rings. The van der Waals surface area contributed by atoms with Gasteiger partial charge in [-0.2, -0.15) is 0 Å². The first-order chi connectivity index (χ1) is 7.29. The van der Waals surface area contributed by atoms with Gasteiger partial charge in [-0.25, -0.2) is 0 Å². The van der Waals surface area contributed by atoms with E-state index in [2.05, 4.69) is 4.90 Å². The second kappa shape index (κ2) is 3.53. The first-order valence-corrected chi connectivity index (χ1v) is 5.80. The molecule has 2 aliphatic heterocycles. The molecule has 0 spiro atoms. The van der Waals surface area contributed by atoms with E-state index in [9.17, 15) is 5.11 Å². The van der Waals surface area contributed by atoms with E-state index < -0.39 is 0 Å². The lowest BCUT2D eigenvalue weighted by Crippen LogP contribution is -2.47. The van der Waals surface area contributed by atoms with Gasteiger partial charge < -0.3 is 5.11 Å². The van der Waals surface area contributed by atoms with Gasteiger partial charge in [-0.1, -0.05) is 12.1 Å². The van der Waals surface area contributed by atoms with Gasteiger partial charge in [0.25, 0.3) is 0 Å². The van der Waals surface area contributed by atoms with Gasteiger partial charge in [0, 0.05) is 19.6 Å². The maximum Gasteiger partial charge on any atom is 0.115 e. The third kappa shape index (κ3) is 1.86. The van der Waals surface area contributed by atoms with E-state index in [0.29, 0.717) is 5.75 Å². The molecule has 1 aliphatic carbocycles. The van der Waals surface area contributed by atoms with Crippen LogP contribution in [0.3, 0.4) is 0 Å². The van der Waals surface area contributed by atoms with Crippen molar-refractivity contribution in [3.05, 3.63) is 29.8 Å². The zero-order valence-electron chi connectivity index (χ0n) is 8.89. The fourth-order valence-electron chi connectivity index (χ4n) is 2.97. The van der Waals surface area contributed by atoms with Gasteiger partial charge in [0.05, 0.1) is 0 Å². The average molecular weight is 203 g/mol. The zero-order chi connectivity index (χ0) is 10.3. The van der Waals surface area contributed by atoms with Gasteiger partial charge in [-0.05, 0) is 42.4 Å². The molecule has 3 fully saturated rings. The number of aromatic hydroxyl groups is 1. The number of benzene rings is 1. The minimum Gasteiger partial charge on any atom is -0.508 e. The number of hydrogen-bond acceptors (Lipinski definition) is 2. The number of phenolic OH excluding ortho intramolecular Hbond substituents is 1. The van der Waals surface area contributed by atoms with Crippen molar-refractivity contribution in [1.29, 1.82) is 0 Å². The quantitative estimate of drug-likeness (QED) is 0.796. The fourth-order valence-corrected chi connectivity index (χ4v) is 2.97. The van der Waals surface area contributed by atoms with Crippen LogP contribution in [-0.4, -0.2) is 23.1 Å². The lowest BCUT2D eigenvalue weighted by Gasteiger charge is -2.47. The molecule has 1 saturated carbocycles. The Morgan fingerprint density at radius 1 is 1.07 bits per heavy atom. The molecule has 1 N–H and O–H groups in total. The number of nitrogens with zero attached hydrogens (tertiary/aromatic N) is 1.